The molecule has 1 unspecified atom stereocenters. The van der Waals surface area contributed by atoms with Gasteiger partial charge in [-0.15, -0.1) is 11.3 Å². The molecule has 0 aliphatic heterocycles. The number of aliphatic imine (C=N–C) groups is 1. The van der Waals surface area contributed by atoms with Gasteiger partial charge in [0.1, 0.15) is 5.75 Å². The second-order valence-electron chi connectivity index (χ2n) is 5.30. The molecule has 0 aliphatic carbocycles. The smallest absolute Gasteiger partial charge is 0.191 e. The van der Waals surface area contributed by atoms with Crippen molar-refractivity contribution in [3.8, 4) is 5.75 Å². The van der Waals surface area contributed by atoms with E-state index in [0.717, 1.165) is 18.3 Å². The van der Waals surface area contributed by atoms with Crippen LogP contribution in [0.2, 0.25) is 0 Å². The number of nitrogens with one attached hydrogen (secondary N) is 2. The summed E-state index contributed by atoms with van der Waals surface area (Å²) in [4.78, 5) is 5.67. The van der Waals surface area contributed by atoms with E-state index in [1.807, 2.05) is 19.1 Å². The Hall–Kier alpha value is -2.01. The Morgan fingerprint density at radius 2 is 2.13 bits per heavy atom. The summed E-state index contributed by atoms with van der Waals surface area (Å²) in [5, 5.41) is 8.84. The first-order valence-electron chi connectivity index (χ1n) is 7.92. The molecule has 0 spiro atoms. The lowest BCUT2D eigenvalue weighted by Crippen LogP contribution is -2.38. The van der Waals surface area contributed by atoms with Crippen molar-refractivity contribution in [2.75, 3.05) is 20.2 Å². The lowest BCUT2D eigenvalue weighted by Gasteiger charge is -2.15. The molecule has 2 N–H and O–H groups in total. The molecule has 5 heteroatoms. The summed E-state index contributed by atoms with van der Waals surface area (Å²) < 4.78 is 5.53. The van der Waals surface area contributed by atoms with Crippen molar-refractivity contribution in [3.05, 3.63) is 52.2 Å². The summed E-state index contributed by atoms with van der Waals surface area (Å²) in [5.41, 5.74) is 1.17. The first-order valence-corrected chi connectivity index (χ1v) is 8.80. The third kappa shape index (κ3) is 5.60. The molecule has 2 aromatic rings. The Bertz CT molecular complexity index is 610. The summed E-state index contributed by atoms with van der Waals surface area (Å²) in [6, 6.07) is 12.4. The van der Waals surface area contributed by atoms with Gasteiger partial charge in [0.05, 0.1) is 6.61 Å². The van der Waals surface area contributed by atoms with E-state index in [0.29, 0.717) is 19.1 Å². The van der Waals surface area contributed by atoms with Crippen LogP contribution in [-0.4, -0.2) is 26.2 Å². The van der Waals surface area contributed by atoms with Crippen LogP contribution < -0.4 is 15.4 Å². The third-order valence-corrected chi connectivity index (χ3v) is 4.60. The topological polar surface area (TPSA) is 45.6 Å². The fraction of sp³-hybridized carbons (Fsp3) is 0.389. The number of nitrogens with zero attached hydrogens (tertiary/aromatic N) is 1. The van der Waals surface area contributed by atoms with Crippen LogP contribution in [0.4, 0.5) is 0 Å². The van der Waals surface area contributed by atoms with Crippen LogP contribution in [0.3, 0.4) is 0 Å². The molecular formula is C18H25N3OS. The van der Waals surface area contributed by atoms with Gasteiger partial charge in [-0.3, -0.25) is 4.99 Å². The Morgan fingerprint density at radius 3 is 2.83 bits per heavy atom. The number of hydrogen-bond donors (Lipinski definition) is 2. The minimum absolute atomic E-state index is 0.467. The molecule has 0 saturated carbocycles. The molecule has 0 bridgehead atoms. The van der Waals surface area contributed by atoms with Gasteiger partial charge >= 0.3 is 0 Å². The molecule has 124 valence electrons. The van der Waals surface area contributed by atoms with Gasteiger partial charge in [-0.2, -0.15) is 0 Å². The van der Waals surface area contributed by atoms with Crippen LogP contribution in [0.5, 0.6) is 5.75 Å². The fourth-order valence-corrected chi connectivity index (χ4v) is 3.03. The number of rotatable bonds is 7. The summed E-state index contributed by atoms with van der Waals surface area (Å²) >= 11 is 1.79. The van der Waals surface area contributed by atoms with E-state index in [-0.39, 0.29) is 0 Å². The first kappa shape index (κ1) is 17.3. The number of hydrogen-bond acceptors (Lipinski definition) is 3. The molecule has 1 atom stereocenters. The minimum Gasteiger partial charge on any atom is -0.494 e. The van der Waals surface area contributed by atoms with E-state index >= 15 is 0 Å². The molecule has 2 rings (SSSR count). The summed E-state index contributed by atoms with van der Waals surface area (Å²) in [6.45, 7) is 6.47. The van der Waals surface area contributed by atoms with E-state index in [1.165, 1.54) is 10.4 Å². The van der Waals surface area contributed by atoms with E-state index in [2.05, 4.69) is 52.2 Å². The number of benzene rings is 1. The van der Waals surface area contributed by atoms with Crippen molar-refractivity contribution in [1.29, 1.82) is 0 Å². The van der Waals surface area contributed by atoms with E-state index < -0.39 is 0 Å². The van der Waals surface area contributed by atoms with Crippen molar-refractivity contribution < 1.29 is 4.74 Å². The Balaban J connectivity index is 1.82. The van der Waals surface area contributed by atoms with Crippen LogP contribution in [0.1, 0.15) is 30.2 Å². The maximum atomic E-state index is 5.53. The van der Waals surface area contributed by atoms with Crippen molar-refractivity contribution >= 4 is 17.3 Å². The summed E-state index contributed by atoms with van der Waals surface area (Å²) in [5.74, 6) is 2.19. The zero-order valence-corrected chi connectivity index (χ0v) is 14.8. The van der Waals surface area contributed by atoms with Crippen LogP contribution in [0, 0.1) is 0 Å². The normalized spacial score (nSPS) is 12.7. The fourth-order valence-electron chi connectivity index (χ4n) is 2.24. The van der Waals surface area contributed by atoms with Crippen LogP contribution >= 0.6 is 11.3 Å². The summed E-state index contributed by atoms with van der Waals surface area (Å²) in [6.07, 6.45) is 0. The average molecular weight is 331 g/mol. The van der Waals surface area contributed by atoms with Crippen molar-refractivity contribution in [2.45, 2.75) is 26.3 Å². The third-order valence-electron chi connectivity index (χ3n) is 3.50. The zero-order chi connectivity index (χ0) is 16.5. The molecule has 1 aromatic carbocycles. The molecule has 0 radical (unpaired) electrons. The highest BCUT2D eigenvalue weighted by atomic mass is 32.1. The van der Waals surface area contributed by atoms with Gasteiger partial charge in [-0.1, -0.05) is 25.1 Å². The highest BCUT2D eigenvalue weighted by molar-refractivity contribution is 7.10. The first-order chi connectivity index (χ1) is 11.2. The Morgan fingerprint density at radius 1 is 1.26 bits per heavy atom. The predicted molar refractivity (Wildman–Crippen MR) is 98.5 cm³/mol. The standard InChI is InChI=1S/C18H25N3OS/c1-4-22-16-8-5-7-15(11-16)13-21-18(19-3)20-12-14(2)17-9-6-10-23-17/h5-11,14H,4,12-13H2,1-3H3,(H2,19,20,21). The molecular weight excluding hydrogens is 306 g/mol. The quantitative estimate of drug-likeness (QED) is 0.602. The molecule has 1 aromatic heterocycles. The molecule has 1 heterocycles. The lowest BCUT2D eigenvalue weighted by molar-refractivity contribution is 0.340. The molecule has 0 amide bonds. The highest BCUT2D eigenvalue weighted by Crippen LogP contribution is 2.19. The van der Waals surface area contributed by atoms with Gasteiger partial charge in [-0.05, 0) is 36.1 Å². The molecule has 0 saturated heterocycles. The molecule has 0 aliphatic rings. The van der Waals surface area contributed by atoms with Gasteiger partial charge in [0.2, 0.25) is 0 Å². The molecule has 0 fully saturated rings. The second-order valence-corrected chi connectivity index (χ2v) is 6.28. The number of thiophene rings is 1. The van der Waals surface area contributed by atoms with Crippen molar-refractivity contribution in [3.63, 3.8) is 0 Å². The maximum Gasteiger partial charge on any atom is 0.191 e. The number of guanidine groups is 1. The monoisotopic (exact) mass is 331 g/mol. The predicted octanol–water partition coefficient (Wildman–Crippen LogP) is 3.62. The van der Waals surface area contributed by atoms with Crippen LogP contribution in [0.25, 0.3) is 0 Å². The van der Waals surface area contributed by atoms with Gasteiger partial charge in [0, 0.05) is 30.9 Å². The largest absolute Gasteiger partial charge is 0.494 e. The van der Waals surface area contributed by atoms with E-state index in [1.54, 1.807) is 18.4 Å². The second kappa shape index (κ2) is 9.20. The van der Waals surface area contributed by atoms with Gasteiger partial charge in [0.15, 0.2) is 5.96 Å². The van der Waals surface area contributed by atoms with Gasteiger partial charge in [-0.25, -0.2) is 0 Å². The van der Waals surface area contributed by atoms with Gasteiger partial charge < -0.3 is 15.4 Å². The van der Waals surface area contributed by atoms with Crippen molar-refractivity contribution in [2.24, 2.45) is 4.99 Å². The lowest BCUT2D eigenvalue weighted by atomic mass is 10.1. The molecule has 23 heavy (non-hydrogen) atoms. The number of ether oxygens (including phenoxy) is 1. The van der Waals surface area contributed by atoms with Crippen LogP contribution in [0.15, 0.2) is 46.8 Å². The average Bonchev–Trinajstić information content (AvgIpc) is 3.10. The van der Waals surface area contributed by atoms with E-state index in [9.17, 15) is 0 Å². The maximum absolute atomic E-state index is 5.53. The zero-order valence-electron chi connectivity index (χ0n) is 14.0. The summed E-state index contributed by atoms with van der Waals surface area (Å²) in [7, 11) is 1.79. The Kier molecular flexibility index (Phi) is 6.94. The Labute approximate surface area is 142 Å². The minimum atomic E-state index is 0.467. The highest BCUT2D eigenvalue weighted by Gasteiger charge is 2.07. The van der Waals surface area contributed by atoms with Gasteiger partial charge in [0.25, 0.3) is 0 Å². The van der Waals surface area contributed by atoms with Crippen molar-refractivity contribution in [1.82, 2.24) is 10.6 Å². The van der Waals surface area contributed by atoms with E-state index in [4.69, 9.17) is 4.74 Å². The SMILES string of the molecule is CCOc1cccc(CNC(=NC)NCC(C)c2cccs2)c1. The van der Waals surface area contributed by atoms with Crippen LogP contribution in [-0.2, 0) is 6.54 Å². The molecule has 4 nitrogen and oxygen atoms in total.